The molecule has 0 spiro atoms. The van der Waals surface area contributed by atoms with Gasteiger partial charge in [0, 0.05) is 4.70 Å². The molecule has 1 aromatic carbocycles. The number of alkyl halides is 1. The summed E-state index contributed by atoms with van der Waals surface area (Å²) in [4.78, 5) is 21.0. The Morgan fingerprint density at radius 2 is 2.17 bits per heavy atom. The van der Waals surface area contributed by atoms with Gasteiger partial charge in [-0.3, -0.25) is 4.79 Å². The number of amides is 1. The summed E-state index contributed by atoms with van der Waals surface area (Å²) < 4.78 is 15.2. The van der Waals surface area contributed by atoms with Crippen LogP contribution < -0.4 is 5.73 Å². The van der Waals surface area contributed by atoms with E-state index in [9.17, 15) is 14.1 Å². The number of carbonyl (C=O) groups excluding carboxylic acids is 1. The van der Waals surface area contributed by atoms with Crippen LogP contribution in [0.3, 0.4) is 0 Å². The SMILES string of the molecule is CP(O)C(C)(F)c1ccc2sc(C(N)=O)cc2c1. The molecule has 0 saturated carbocycles. The lowest BCUT2D eigenvalue weighted by atomic mass is 10.1. The van der Waals surface area contributed by atoms with Crippen LogP contribution in [-0.2, 0) is 5.41 Å². The molecular weight excluding hydrogens is 272 g/mol. The van der Waals surface area contributed by atoms with Crippen LogP contribution in [0.1, 0.15) is 22.2 Å². The predicted octanol–water partition coefficient (Wildman–Crippen LogP) is 3.16. The van der Waals surface area contributed by atoms with Gasteiger partial charge in [-0.15, -0.1) is 11.3 Å². The van der Waals surface area contributed by atoms with E-state index >= 15 is 0 Å². The van der Waals surface area contributed by atoms with Crippen molar-refractivity contribution in [1.82, 2.24) is 0 Å². The molecule has 3 N–H and O–H groups in total. The Morgan fingerprint density at radius 3 is 2.72 bits per heavy atom. The molecular formula is C12H13FNO2PS. The van der Waals surface area contributed by atoms with E-state index in [2.05, 4.69) is 0 Å². The maximum atomic E-state index is 14.3. The van der Waals surface area contributed by atoms with Gasteiger partial charge in [0.25, 0.3) is 5.91 Å². The first-order valence-electron chi connectivity index (χ1n) is 5.28. The van der Waals surface area contributed by atoms with Gasteiger partial charge >= 0.3 is 0 Å². The molecule has 0 aliphatic carbocycles. The second-order valence-electron chi connectivity index (χ2n) is 4.20. The molecule has 0 bridgehead atoms. The van der Waals surface area contributed by atoms with Crippen LogP contribution in [0.15, 0.2) is 24.3 Å². The summed E-state index contributed by atoms with van der Waals surface area (Å²) in [6.45, 7) is 2.84. The summed E-state index contributed by atoms with van der Waals surface area (Å²) in [6.07, 6.45) is 0. The van der Waals surface area contributed by atoms with E-state index in [1.807, 2.05) is 0 Å². The van der Waals surface area contributed by atoms with Crippen molar-refractivity contribution in [2.75, 3.05) is 6.66 Å². The Bertz CT molecular complexity index is 609. The lowest BCUT2D eigenvalue weighted by Crippen LogP contribution is -2.11. The summed E-state index contributed by atoms with van der Waals surface area (Å²) in [6, 6.07) is 6.70. The van der Waals surface area contributed by atoms with E-state index in [-0.39, 0.29) is 0 Å². The number of halogens is 1. The largest absolute Gasteiger partial charge is 0.370 e. The average Bonchev–Trinajstić information content (AvgIpc) is 2.71. The summed E-state index contributed by atoms with van der Waals surface area (Å²) in [5, 5.41) is -0.981. The van der Waals surface area contributed by atoms with Gasteiger partial charge in [-0.05, 0) is 42.7 Å². The van der Waals surface area contributed by atoms with Crippen molar-refractivity contribution in [1.29, 1.82) is 0 Å². The molecule has 2 atom stereocenters. The van der Waals surface area contributed by atoms with Crippen LogP contribution in [0.5, 0.6) is 0 Å². The normalized spacial score (nSPS) is 16.4. The fraction of sp³-hybridized carbons (Fsp3) is 0.250. The van der Waals surface area contributed by atoms with Crippen LogP contribution in [-0.4, -0.2) is 17.5 Å². The molecule has 96 valence electrons. The molecule has 18 heavy (non-hydrogen) atoms. The summed E-state index contributed by atoms with van der Waals surface area (Å²) >= 11 is 1.28. The first-order valence-corrected chi connectivity index (χ1v) is 7.83. The summed E-state index contributed by atoms with van der Waals surface area (Å²) in [7, 11) is -1.74. The Balaban J connectivity index is 2.54. The number of thiophene rings is 1. The third kappa shape index (κ3) is 2.26. The Kier molecular flexibility index (Phi) is 3.41. The average molecular weight is 285 g/mol. The Hall–Kier alpha value is -1.03. The molecule has 1 aromatic heterocycles. The smallest absolute Gasteiger partial charge is 0.258 e. The van der Waals surface area contributed by atoms with Crippen molar-refractivity contribution in [2.24, 2.45) is 5.73 Å². The number of hydrogen-bond acceptors (Lipinski definition) is 3. The van der Waals surface area contributed by atoms with Gasteiger partial charge in [-0.1, -0.05) is 6.07 Å². The van der Waals surface area contributed by atoms with Crippen LogP contribution in [0.25, 0.3) is 10.1 Å². The molecule has 3 nitrogen and oxygen atoms in total. The van der Waals surface area contributed by atoms with Crippen LogP contribution in [0, 0.1) is 0 Å². The first-order chi connectivity index (χ1) is 8.32. The monoisotopic (exact) mass is 285 g/mol. The van der Waals surface area contributed by atoms with E-state index in [1.165, 1.54) is 24.9 Å². The molecule has 2 rings (SSSR count). The molecule has 1 heterocycles. The lowest BCUT2D eigenvalue weighted by molar-refractivity contribution is 0.100. The van der Waals surface area contributed by atoms with E-state index in [4.69, 9.17) is 5.73 Å². The zero-order valence-corrected chi connectivity index (χ0v) is 11.7. The van der Waals surface area contributed by atoms with Gasteiger partial charge in [0.15, 0.2) is 5.41 Å². The van der Waals surface area contributed by atoms with Crippen molar-refractivity contribution in [2.45, 2.75) is 12.3 Å². The number of fused-ring (bicyclic) bond motifs is 1. The number of nitrogens with two attached hydrogens (primary N) is 1. The molecule has 1 amide bonds. The van der Waals surface area contributed by atoms with Crippen LogP contribution >= 0.6 is 19.5 Å². The minimum atomic E-state index is -1.75. The fourth-order valence-corrected chi connectivity index (χ4v) is 3.04. The van der Waals surface area contributed by atoms with Crippen molar-refractivity contribution >= 4 is 35.5 Å². The van der Waals surface area contributed by atoms with Gasteiger partial charge in [0.2, 0.25) is 0 Å². The molecule has 2 unspecified atom stereocenters. The van der Waals surface area contributed by atoms with Crippen LogP contribution in [0.4, 0.5) is 4.39 Å². The van der Waals surface area contributed by atoms with Crippen LogP contribution in [0.2, 0.25) is 0 Å². The van der Waals surface area contributed by atoms with Crippen molar-refractivity contribution in [3.05, 3.63) is 34.7 Å². The van der Waals surface area contributed by atoms with E-state index in [0.29, 0.717) is 10.4 Å². The highest BCUT2D eigenvalue weighted by atomic mass is 32.1. The predicted molar refractivity (Wildman–Crippen MR) is 73.9 cm³/mol. The van der Waals surface area contributed by atoms with E-state index < -0.39 is 19.5 Å². The third-order valence-corrected chi connectivity index (χ3v) is 5.50. The number of rotatable bonds is 3. The Labute approximate surface area is 109 Å². The maximum absolute atomic E-state index is 14.3. The topological polar surface area (TPSA) is 63.3 Å². The van der Waals surface area contributed by atoms with Crippen molar-refractivity contribution in [3.63, 3.8) is 0 Å². The second kappa shape index (κ2) is 4.57. The minimum absolute atomic E-state index is 0.417. The van der Waals surface area contributed by atoms with E-state index in [1.54, 1.807) is 24.3 Å². The molecule has 0 aliphatic heterocycles. The standard InChI is InChI=1S/C12H13FNO2PS/c1-12(13,17(2)16)8-3-4-9-7(5-8)6-10(18-9)11(14)15/h3-6,16H,1-2H3,(H2,14,15). The fourth-order valence-electron chi connectivity index (χ4n) is 1.64. The number of hydrogen-bond donors (Lipinski definition) is 2. The summed E-state index contributed by atoms with van der Waals surface area (Å²) in [5.41, 5.74) is 5.63. The maximum Gasteiger partial charge on any atom is 0.258 e. The highest BCUT2D eigenvalue weighted by Gasteiger charge is 2.32. The van der Waals surface area contributed by atoms with Gasteiger partial charge in [-0.25, -0.2) is 4.39 Å². The number of primary amides is 1. The molecule has 0 radical (unpaired) electrons. The lowest BCUT2D eigenvalue weighted by Gasteiger charge is -2.23. The number of carbonyl (C=O) groups is 1. The molecule has 0 saturated heterocycles. The number of benzene rings is 1. The van der Waals surface area contributed by atoms with Crippen molar-refractivity contribution in [3.8, 4) is 0 Å². The Morgan fingerprint density at radius 1 is 1.50 bits per heavy atom. The van der Waals surface area contributed by atoms with Crippen molar-refractivity contribution < 1.29 is 14.1 Å². The van der Waals surface area contributed by atoms with Gasteiger partial charge in [-0.2, -0.15) is 0 Å². The summed E-state index contributed by atoms with van der Waals surface area (Å²) in [5.74, 6) is -0.485. The first kappa shape index (κ1) is 13.4. The highest BCUT2D eigenvalue weighted by Crippen LogP contribution is 2.51. The van der Waals surface area contributed by atoms with Gasteiger partial charge in [0.1, 0.15) is 0 Å². The quantitative estimate of drug-likeness (QED) is 0.851. The third-order valence-electron chi connectivity index (χ3n) is 2.89. The molecule has 2 aromatic rings. The zero-order chi connectivity index (χ0) is 13.5. The second-order valence-corrected chi connectivity index (χ2v) is 7.18. The van der Waals surface area contributed by atoms with E-state index in [0.717, 1.165) is 10.1 Å². The highest BCUT2D eigenvalue weighted by molar-refractivity contribution is 7.51. The molecule has 0 aliphatic rings. The van der Waals surface area contributed by atoms with Gasteiger partial charge in [0.05, 0.1) is 13.0 Å². The van der Waals surface area contributed by atoms with Gasteiger partial charge < -0.3 is 10.6 Å². The molecule has 6 heteroatoms. The minimum Gasteiger partial charge on any atom is -0.370 e. The molecule has 0 fully saturated rings. The zero-order valence-electron chi connectivity index (χ0n) is 9.98.